The van der Waals surface area contributed by atoms with Crippen LogP contribution in [0.15, 0.2) is 33.1 Å². The predicted octanol–water partition coefficient (Wildman–Crippen LogP) is 5.46. The van der Waals surface area contributed by atoms with Gasteiger partial charge in [0, 0.05) is 17.5 Å². The molecule has 0 aliphatic carbocycles. The molecule has 5 nitrogen and oxygen atoms in total. The average Bonchev–Trinajstić information content (AvgIpc) is 3.27. The Morgan fingerprint density at radius 2 is 1.80 bits per heavy atom. The van der Waals surface area contributed by atoms with Gasteiger partial charge in [-0.1, -0.05) is 6.92 Å². The number of hydrogen-bond acceptors (Lipinski definition) is 4. The monoisotopic (exact) mass is 408 g/mol. The Labute approximate surface area is 178 Å². The lowest BCUT2D eigenvalue weighted by molar-refractivity contribution is 0.0871. The van der Waals surface area contributed by atoms with Crippen molar-refractivity contribution in [3.63, 3.8) is 0 Å². The summed E-state index contributed by atoms with van der Waals surface area (Å²) in [4.78, 5) is 15.5. The number of carbonyl (C=O) groups is 1. The zero-order valence-electron chi connectivity index (χ0n) is 18.7. The summed E-state index contributed by atoms with van der Waals surface area (Å²) in [6, 6.07) is 8.17. The molecule has 1 saturated heterocycles. The summed E-state index contributed by atoms with van der Waals surface area (Å²) in [5.41, 5.74) is 4.02. The highest BCUT2D eigenvalue weighted by molar-refractivity contribution is 5.99. The molecule has 1 aromatic carbocycles. The molecule has 0 bridgehead atoms. The topological polar surface area (TPSA) is 58.6 Å². The fraction of sp³-hybridized carbons (Fsp3) is 0.480. The molecule has 0 radical (unpaired) electrons. The van der Waals surface area contributed by atoms with Gasteiger partial charge in [-0.2, -0.15) is 0 Å². The molecule has 30 heavy (non-hydrogen) atoms. The van der Waals surface area contributed by atoms with Crippen LogP contribution in [0.2, 0.25) is 0 Å². The maximum Gasteiger partial charge on any atom is 0.287 e. The Balaban J connectivity index is 1.54. The van der Waals surface area contributed by atoms with Gasteiger partial charge in [-0.25, -0.2) is 0 Å². The van der Waals surface area contributed by atoms with Crippen molar-refractivity contribution >= 4 is 16.9 Å². The van der Waals surface area contributed by atoms with E-state index in [-0.39, 0.29) is 11.9 Å². The van der Waals surface area contributed by atoms with Crippen LogP contribution >= 0.6 is 0 Å². The van der Waals surface area contributed by atoms with Crippen LogP contribution in [0, 0.1) is 33.6 Å². The molecule has 1 aliphatic rings. The van der Waals surface area contributed by atoms with Gasteiger partial charge in [0.15, 0.2) is 5.76 Å². The van der Waals surface area contributed by atoms with Gasteiger partial charge in [0.1, 0.15) is 17.1 Å². The first-order valence-electron chi connectivity index (χ1n) is 10.9. The normalized spacial score (nSPS) is 16.8. The van der Waals surface area contributed by atoms with Crippen molar-refractivity contribution < 1.29 is 13.6 Å². The summed E-state index contributed by atoms with van der Waals surface area (Å²) in [5, 5.41) is 4.12. The molecule has 1 amide bonds. The molecule has 1 aliphatic heterocycles. The van der Waals surface area contributed by atoms with Crippen molar-refractivity contribution in [3.8, 4) is 0 Å². The number of amides is 1. The number of fused-ring (bicyclic) bond motifs is 1. The molecule has 3 heterocycles. The van der Waals surface area contributed by atoms with Gasteiger partial charge in [0.25, 0.3) is 5.91 Å². The largest absolute Gasteiger partial charge is 0.465 e. The van der Waals surface area contributed by atoms with Crippen molar-refractivity contribution in [2.24, 2.45) is 5.92 Å². The van der Waals surface area contributed by atoms with Gasteiger partial charge < -0.3 is 14.2 Å². The van der Waals surface area contributed by atoms with Crippen LogP contribution in [0.4, 0.5) is 0 Å². The van der Waals surface area contributed by atoms with E-state index in [1.165, 1.54) is 18.4 Å². The summed E-state index contributed by atoms with van der Waals surface area (Å²) in [6.07, 6.45) is 2.34. The Hall–Kier alpha value is -2.53. The van der Waals surface area contributed by atoms with E-state index in [9.17, 15) is 4.79 Å². The number of hydrogen-bond donors (Lipinski definition) is 1. The molecule has 1 N–H and O–H groups in total. The standard InChI is InChI=1S/C25H32N2O3/c1-15-8-10-27(11-9-15)21(22-7-6-18(4)29-22)14-26-25(28)24-19(5)20-12-16(2)17(3)13-23(20)30-24/h6-7,12-13,15,21H,8-11,14H2,1-5H3,(H,26,28)/t21-/m1/s1. The second-order valence-electron chi connectivity index (χ2n) is 8.88. The fourth-order valence-corrected chi connectivity index (χ4v) is 4.34. The van der Waals surface area contributed by atoms with E-state index in [0.29, 0.717) is 12.3 Å². The molecule has 160 valence electrons. The summed E-state index contributed by atoms with van der Waals surface area (Å²) in [5.74, 6) is 2.79. The molecular formula is C25H32N2O3. The molecule has 0 spiro atoms. The van der Waals surface area contributed by atoms with Gasteiger partial charge in [0.2, 0.25) is 0 Å². The number of furan rings is 2. The second-order valence-corrected chi connectivity index (χ2v) is 8.88. The highest BCUT2D eigenvalue weighted by atomic mass is 16.3. The maximum atomic E-state index is 13.0. The van der Waals surface area contributed by atoms with Crippen LogP contribution in [-0.4, -0.2) is 30.4 Å². The van der Waals surface area contributed by atoms with Gasteiger partial charge in [-0.3, -0.25) is 9.69 Å². The van der Waals surface area contributed by atoms with E-state index < -0.39 is 0 Å². The molecule has 3 aromatic rings. The Morgan fingerprint density at radius 3 is 2.47 bits per heavy atom. The smallest absolute Gasteiger partial charge is 0.287 e. The molecule has 1 atom stereocenters. The minimum atomic E-state index is -0.169. The fourth-order valence-electron chi connectivity index (χ4n) is 4.34. The molecule has 4 rings (SSSR count). The van der Waals surface area contributed by atoms with E-state index in [4.69, 9.17) is 8.83 Å². The van der Waals surface area contributed by atoms with Gasteiger partial charge >= 0.3 is 0 Å². The number of carbonyl (C=O) groups excluding carboxylic acids is 1. The number of nitrogens with zero attached hydrogens (tertiary/aromatic N) is 1. The lowest BCUT2D eigenvalue weighted by Gasteiger charge is -2.35. The predicted molar refractivity (Wildman–Crippen MR) is 119 cm³/mol. The molecular weight excluding hydrogens is 376 g/mol. The minimum Gasteiger partial charge on any atom is -0.465 e. The van der Waals surface area contributed by atoms with Crippen LogP contribution in [0.25, 0.3) is 11.0 Å². The van der Waals surface area contributed by atoms with Crippen LogP contribution in [0.5, 0.6) is 0 Å². The number of nitrogens with one attached hydrogen (secondary N) is 1. The number of rotatable bonds is 5. The zero-order chi connectivity index (χ0) is 21.4. The van der Waals surface area contributed by atoms with Crippen molar-refractivity contribution in [2.45, 2.75) is 53.5 Å². The van der Waals surface area contributed by atoms with Crippen LogP contribution in [-0.2, 0) is 0 Å². The Kier molecular flexibility index (Phi) is 5.74. The van der Waals surface area contributed by atoms with Crippen molar-refractivity contribution in [1.82, 2.24) is 10.2 Å². The SMILES string of the molecule is Cc1ccc([C@@H](CNC(=O)c2oc3cc(C)c(C)cc3c2C)N2CCC(C)CC2)o1. The van der Waals surface area contributed by atoms with Crippen LogP contribution in [0.3, 0.4) is 0 Å². The number of benzene rings is 1. The second kappa shape index (κ2) is 8.31. The van der Waals surface area contributed by atoms with Gasteiger partial charge in [-0.05, 0) is 94.9 Å². The lowest BCUT2D eigenvalue weighted by Crippen LogP contribution is -2.41. The first-order chi connectivity index (χ1) is 14.3. The molecule has 0 saturated carbocycles. The Morgan fingerprint density at radius 1 is 1.10 bits per heavy atom. The van der Waals surface area contributed by atoms with Crippen LogP contribution in [0.1, 0.15) is 64.6 Å². The summed E-state index contributed by atoms with van der Waals surface area (Å²) < 4.78 is 11.9. The van der Waals surface area contributed by atoms with Crippen molar-refractivity contribution in [3.05, 3.63) is 58.2 Å². The highest BCUT2D eigenvalue weighted by Crippen LogP contribution is 2.30. The van der Waals surface area contributed by atoms with E-state index in [1.807, 2.05) is 32.0 Å². The molecule has 1 fully saturated rings. The van der Waals surface area contributed by atoms with Crippen LogP contribution < -0.4 is 5.32 Å². The average molecular weight is 409 g/mol. The number of likely N-dealkylation sites (tertiary alicyclic amines) is 1. The van der Waals surface area contributed by atoms with E-state index in [2.05, 4.69) is 37.1 Å². The van der Waals surface area contributed by atoms with Crippen molar-refractivity contribution in [1.29, 1.82) is 0 Å². The summed E-state index contributed by atoms with van der Waals surface area (Å²) >= 11 is 0. The quantitative estimate of drug-likeness (QED) is 0.609. The number of aryl methyl sites for hydroxylation is 4. The lowest BCUT2D eigenvalue weighted by atomic mass is 9.97. The van der Waals surface area contributed by atoms with E-state index in [1.54, 1.807) is 0 Å². The molecule has 5 heteroatoms. The van der Waals surface area contributed by atoms with Gasteiger partial charge in [0.05, 0.1) is 6.04 Å². The first kappa shape index (κ1) is 20.7. The third kappa shape index (κ3) is 4.04. The van der Waals surface area contributed by atoms with E-state index in [0.717, 1.165) is 52.6 Å². The maximum absolute atomic E-state index is 13.0. The van der Waals surface area contributed by atoms with Gasteiger partial charge in [-0.15, -0.1) is 0 Å². The minimum absolute atomic E-state index is 0.0318. The zero-order valence-corrected chi connectivity index (χ0v) is 18.7. The summed E-state index contributed by atoms with van der Waals surface area (Å²) in [7, 11) is 0. The molecule has 0 unspecified atom stereocenters. The first-order valence-corrected chi connectivity index (χ1v) is 10.9. The van der Waals surface area contributed by atoms with Crippen molar-refractivity contribution in [2.75, 3.05) is 19.6 Å². The highest BCUT2D eigenvalue weighted by Gasteiger charge is 2.28. The number of piperidine rings is 1. The third-order valence-electron chi connectivity index (χ3n) is 6.56. The third-order valence-corrected chi connectivity index (χ3v) is 6.56. The van der Waals surface area contributed by atoms with E-state index >= 15 is 0 Å². The molecule has 2 aromatic heterocycles. The summed E-state index contributed by atoms with van der Waals surface area (Å²) in [6.45, 7) is 12.9. The Bertz CT molecular complexity index is 1050.